The molecule has 17 heavy (non-hydrogen) atoms. The van der Waals surface area contributed by atoms with Crippen LogP contribution in [-0.2, 0) is 4.79 Å². The highest BCUT2D eigenvalue weighted by Crippen LogP contribution is 2.30. The minimum Gasteiger partial charge on any atom is -0.475 e. The Morgan fingerprint density at radius 2 is 1.88 bits per heavy atom. The molecule has 8 heteroatoms. The molecule has 1 rings (SSSR count). The van der Waals surface area contributed by atoms with Crippen molar-refractivity contribution in [3.63, 3.8) is 0 Å². The Morgan fingerprint density at radius 3 is 2.29 bits per heavy atom. The van der Waals surface area contributed by atoms with Crippen LogP contribution in [0.3, 0.4) is 0 Å². The Balaban J connectivity index is 3.02. The second kappa shape index (κ2) is 4.62. The monoisotopic (exact) mass is 268 g/mol. The number of halogens is 4. The first kappa shape index (κ1) is 13.3. The number of ether oxygens (including phenoxy) is 1. The standard InChI is InChI=1S/C9H4ClF3O4/c10-5-3-4(7(14)8(15)16)1-2-6(5)17-9(11,12)13/h1-3H,(H,15,16). The molecule has 92 valence electrons. The molecule has 0 saturated heterocycles. The summed E-state index contributed by atoms with van der Waals surface area (Å²) in [5.74, 6) is -3.71. The van der Waals surface area contributed by atoms with Crippen molar-refractivity contribution in [3.8, 4) is 5.75 Å². The van der Waals surface area contributed by atoms with Crippen molar-refractivity contribution in [1.82, 2.24) is 0 Å². The topological polar surface area (TPSA) is 63.6 Å². The number of carbonyl (C=O) groups is 2. The molecule has 4 nitrogen and oxygen atoms in total. The fraction of sp³-hybridized carbons (Fsp3) is 0.111. The number of benzene rings is 1. The van der Waals surface area contributed by atoms with E-state index in [-0.39, 0.29) is 5.56 Å². The van der Waals surface area contributed by atoms with Crippen molar-refractivity contribution in [1.29, 1.82) is 0 Å². The summed E-state index contributed by atoms with van der Waals surface area (Å²) in [4.78, 5) is 21.3. The summed E-state index contributed by atoms with van der Waals surface area (Å²) in [6.45, 7) is 0. The van der Waals surface area contributed by atoms with Crippen LogP contribution < -0.4 is 4.74 Å². The molecule has 0 spiro atoms. The first-order valence-electron chi connectivity index (χ1n) is 4.03. The molecule has 0 aromatic heterocycles. The fourth-order valence-corrected chi connectivity index (χ4v) is 1.19. The molecule has 0 unspecified atom stereocenters. The molecule has 0 aliphatic carbocycles. The molecule has 0 aliphatic rings. The molecule has 0 atom stereocenters. The summed E-state index contributed by atoms with van der Waals surface area (Å²) in [6, 6.07) is 2.44. The van der Waals surface area contributed by atoms with Crippen molar-refractivity contribution in [2.45, 2.75) is 6.36 Å². The first-order chi connectivity index (χ1) is 7.70. The van der Waals surface area contributed by atoms with Crippen molar-refractivity contribution in [3.05, 3.63) is 28.8 Å². The maximum absolute atomic E-state index is 11.9. The van der Waals surface area contributed by atoms with Gasteiger partial charge in [-0.3, -0.25) is 4.79 Å². The van der Waals surface area contributed by atoms with Gasteiger partial charge in [0.2, 0.25) is 0 Å². The molecule has 0 bridgehead atoms. The van der Waals surface area contributed by atoms with Gasteiger partial charge in [-0.2, -0.15) is 0 Å². The van der Waals surface area contributed by atoms with E-state index in [1.807, 2.05) is 0 Å². The summed E-state index contributed by atoms with van der Waals surface area (Å²) >= 11 is 5.41. The van der Waals surface area contributed by atoms with Gasteiger partial charge in [0.25, 0.3) is 5.78 Å². The quantitative estimate of drug-likeness (QED) is 0.676. The number of carbonyl (C=O) groups excluding carboxylic acids is 1. The number of carboxylic acids is 1. The van der Waals surface area contributed by atoms with Gasteiger partial charge in [-0.25, -0.2) is 4.79 Å². The zero-order valence-corrected chi connectivity index (χ0v) is 8.67. The highest BCUT2D eigenvalue weighted by molar-refractivity contribution is 6.40. The van der Waals surface area contributed by atoms with Crippen LogP contribution in [0.4, 0.5) is 13.2 Å². The average Bonchev–Trinajstić information content (AvgIpc) is 2.18. The average molecular weight is 269 g/mol. The molecule has 0 aliphatic heterocycles. The molecule has 0 fully saturated rings. The van der Waals surface area contributed by atoms with E-state index in [2.05, 4.69) is 4.74 Å². The highest BCUT2D eigenvalue weighted by Gasteiger charge is 2.32. The summed E-state index contributed by atoms with van der Waals surface area (Å²) in [5, 5.41) is 7.87. The largest absolute Gasteiger partial charge is 0.573 e. The van der Waals surface area contributed by atoms with Crippen molar-refractivity contribution in [2.24, 2.45) is 0 Å². The molecule has 1 aromatic carbocycles. The minimum atomic E-state index is -4.91. The van der Waals surface area contributed by atoms with Gasteiger partial charge >= 0.3 is 12.3 Å². The molecule has 0 radical (unpaired) electrons. The molecular formula is C9H4ClF3O4. The van der Waals surface area contributed by atoms with Crippen LogP contribution in [0.15, 0.2) is 18.2 Å². The van der Waals surface area contributed by atoms with Crippen LogP contribution in [0.5, 0.6) is 5.75 Å². The summed E-state index contributed by atoms with van der Waals surface area (Å²) in [6.07, 6.45) is -4.91. The van der Waals surface area contributed by atoms with E-state index in [9.17, 15) is 22.8 Å². The van der Waals surface area contributed by atoms with Crippen LogP contribution >= 0.6 is 11.6 Å². The maximum Gasteiger partial charge on any atom is 0.573 e. The molecule has 1 N–H and O–H groups in total. The number of hydrogen-bond acceptors (Lipinski definition) is 3. The number of aliphatic carboxylic acids is 1. The Bertz CT molecular complexity index is 470. The minimum absolute atomic E-state index is 0.336. The van der Waals surface area contributed by atoms with Gasteiger partial charge in [0.1, 0.15) is 5.75 Å². The van der Waals surface area contributed by atoms with E-state index in [1.54, 1.807) is 0 Å². The Morgan fingerprint density at radius 1 is 1.29 bits per heavy atom. The van der Waals surface area contributed by atoms with Crippen LogP contribution in [0.1, 0.15) is 10.4 Å². The van der Waals surface area contributed by atoms with E-state index in [4.69, 9.17) is 16.7 Å². The zero-order chi connectivity index (χ0) is 13.2. The van der Waals surface area contributed by atoms with E-state index >= 15 is 0 Å². The Kier molecular flexibility index (Phi) is 3.62. The summed E-state index contributed by atoms with van der Waals surface area (Å²) in [5.41, 5.74) is -0.336. The zero-order valence-electron chi connectivity index (χ0n) is 7.92. The van der Waals surface area contributed by atoms with Gasteiger partial charge in [0.15, 0.2) is 0 Å². The number of carboxylic acid groups (broad SMARTS) is 1. The SMILES string of the molecule is O=C(O)C(=O)c1ccc(OC(F)(F)F)c(Cl)c1. The van der Waals surface area contributed by atoms with E-state index in [1.165, 1.54) is 0 Å². The van der Waals surface area contributed by atoms with Crippen molar-refractivity contribution >= 4 is 23.4 Å². The predicted molar refractivity (Wildman–Crippen MR) is 50.1 cm³/mol. The molecule has 0 heterocycles. The lowest BCUT2D eigenvalue weighted by Crippen LogP contribution is -2.18. The first-order valence-corrected chi connectivity index (χ1v) is 4.41. The number of hydrogen-bond donors (Lipinski definition) is 1. The lowest BCUT2D eigenvalue weighted by Gasteiger charge is -2.10. The van der Waals surface area contributed by atoms with E-state index < -0.39 is 28.9 Å². The van der Waals surface area contributed by atoms with Crippen LogP contribution in [0.25, 0.3) is 0 Å². The third-order valence-electron chi connectivity index (χ3n) is 1.61. The van der Waals surface area contributed by atoms with Gasteiger partial charge in [0, 0.05) is 5.56 Å². The smallest absolute Gasteiger partial charge is 0.475 e. The van der Waals surface area contributed by atoms with Gasteiger partial charge in [-0.05, 0) is 18.2 Å². The fourth-order valence-electron chi connectivity index (χ4n) is 0.973. The van der Waals surface area contributed by atoms with E-state index in [0.717, 1.165) is 18.2 Å². The molecular weight excluding hydrogens is 265 g/mol. The van der Waals surface area contributed by atoms with Crippen molar-refractivity contribution in [2.75, 3.05) is 0 Å². The van der Waals surface area contributed by atoms with Crippen LogP contribution in [0.2, 0.25) is 5.02 Å². The third kappa shape index (κ3) is 3.63. The van der Waals surface area contributed by atoms with Gasteiger partial charge in [-0.1, -0.05) is 11.6 Å². The predicted octanol–water partition coefficient (Wildman–Crippen LogP) is 2.51. The number of Topliss-reactive ketones (excluding diaryl/α,β-unsaturated/α-hetero) is 1. The molecule has 0 saturated carbocycles. The number of rotatable bonds is 3. The maximum atomic E-state index is 11.9. The summed E-state index contributed by atoms with van der Waals surface area (Å²) < 4.78 is 39.1. The second-order valence-electron chi connectivity index (χ2n) is 2.83. The Hall–Kier alpha value is -1.76. The summed E-state index contributed by atoms with van der Waals surface area (Å²) in [7, 11) is 0. The third-order valence-corrected chi connectivity index (χ3v) is 1.91. The lowest BCUT2D eigenvalue weighted by molar-refractivity contribution is -0.274. The Labute approximate surface area is 97.6 Å². The van der Waals surface area contributed by atoms with Gasteiger partial charge in [-0.15, -0.1) is 13.2 Å². The molecule has 0 amide bonds. The van der Waals surface area contributed by atoms with Crippen LogP contribution in [0, 0.1) is 0 Å². The lowest BCUT2D eigenvalue weighted by atomic mass is 10.1. The number of alkyl halides is 3. The van der Waals surface area contributed by atoms with Gasteiger partial charge in [0.05, 0.1) is 5.02 Å². The van der Waals surface area contributed by atoms with Crippen molar-refractivity contribution < 1.29 is 32.6 Å². The van der Waals surface area contributed by atoms with Gasteiger partial charge < -0.3 is 9.84 Å². The normalized spacial score (nSPS) is 11.1. The van der Waals surface area contributed by atoms with E-state index in [0.29, 0.717) is 0 Å². The highest BCUT2D eigenvalue weighted by atomic mass is 35.5. The van der Waals surface area contributed by atoms with Crippen LogP contribution in [-0.4, -0.2) is 23.2 Å². The molecule has 1 aromatic rings. The second-order valence-corrected chi connectivity index (χ2v) is 3.23. The number of ketones is 1.